The van der Waals surface area contributed by atoms with E-state index in [4.69, 9.17) is 14.2 Å². The Bertz CT molecular complexity index is 714. The van der Waals surface area contributed by atoms with Gasteiger partial charge < -0.3 is 19.5 Å². The third-order valence-electron chi connectivity index (χ3n) is 5.04. The van der Waals surface area contributed by atoms with Crippen LogP contribution in [0.2, 0.25) is 0 Å². The molecule has 1 aliphatic rings. The molecule has 1 aliphatic heterocycles. The molecule has 1 saturated heterocycles. The van der Waals surface area contributed by atoms with E-state index >= 15 is 0 Å². The van der Waals surface area contributed by atoms with Crippen molar-refractivity contribution < 1.29 is 14.2 Å². The van der Waals surface area contributed by atoms with Gasteiger partial charge in [-0.25, -0.2) is 0 Å². The summed E-state index contributed by atoms with van der Waals surface area (Å²) < 4.78 is 16.7. The fraction of sp³-hybridized carbons (Fsp3) is 0.524. The number of ether oxygens (including phenoxy) is 3. The summed E-state index contributed by atoms with van der Waals surface area (Å²) >= 11 is 1.90. The molecule has 0 amide bonds. The van der Waals surface area contributed by atoms with Crippen molar-refractivity contribution in [3.63, 3.8) is 0 Å². The van der Waals surface area contributed by atoms with Crippen LogP contribution in [0.4, 0.5) is 0 Å². The zero-order valence-electron chi connectivity index (χ0n) is 16.7. The lowest BCUT2D eigenvalue weighted by molar-refractivity contribution is 0.242. The van der Waals surface area contributed by atoms with Crippen molar-refractivity contribution in [3.8, 4) is 17.2 Å². The Kier molecular flexibility index (Phi) is 6.99. The van der Waals surface area contributed by atoms with Gasteiger partial charge in [0.25, 0.3) is 0 Å². The molecule has 0 bridgehead atoms. The number of rotatable bonds is 7. The molecule has 27 heavy (non-hydrogen) atoms. The second kappa shape index (κ2) is 9.44. The van der Waals surface area contributed by atoms with Crippen LogP contribution in [0.5, 0.6) is 17.2 Å². The molecule has 0 spiro atoms. The maximum Gasteiger partial charge on any atom is 0.203 e. The Morgan fingerprint density at radius 1 is 1.04 bits per heavy atom. The van der Waals surface area contributed by atoms with Gasteiger partial charge in [-0.05, 0) is 49.2 Å². The molecule has 0 saturated carbocycles. The zero-order chi connectivity index (χ0) is 19.2. The van der Waals surface area contributed by atoms with Crippen LogP contribution in [0.15, 0.2) is 24.3 Å². The Balaban J connectivity index is 2.08. The average Bonchev–Trinajstić information content (AvgIpc) is 3.01. The first-order chi connectivity index (χ1) is 13.2. The lowest BCUT2D eigenvalue weighted by Gasteiger charge is -2.31. The molecule has 1 aromatic heterocycles. The van der Waals surface area contributed by atoms with Crippen molar-refractivity contribution in [2.75, 3.05) is 47.5 Å². The Labute approximate surface area is 166 Å². The number of benzene rings is 1. The highest BCUT2D eigenvalue weighted by Gasteiger charge is 2.27. The van der Waals surface area contributed by atoms with Crippen LogP contribution in [0, 0.1) is 0 Å². The maximum atomic E-state index is 5.61. The number of nitrogens with one attached hydrogen (secondary N) is 1. The highest BCUT2D eigenvalue weighted by atomic mass is 32.1. The summed E-state index contributed by atoms with van der Waals surface area (Å²) in [4.78, 5) is 5.34. The van der Waals surface area contributed by atoms with Crippen LogP contribution < -0.4 is 19.5 Å². The number of hydrogen-bond acceptors (Lipinski definition) is 6. The summed E-state index contributed by atoms with van der Waals surface area (Å²) in [5.74, 6) is 2.05. The first-order valence-corrected chi connectivity index (χ1v) is 10.4. The molecule has 148 valence electrons. The minimum Gasteiger partial charge on any atom is -0.493 e. The third-order valence-corrected chi connectivity index (χ3v) is 6.33. The summed E-state index contributed by atoms with van der Waals surface area (Å²) in [7, 11) is 4.99. The Hall–Kier alpha value is -1.76. The summed E-state index contributed by atoms with van der Waals surface area (Å²) in [6, 6.07) is 8.89. The number of methoxy groups -OCH3 is 3. The Morgan fingerprint density at radius 2 is 1.78 bits per heavy atom. The van der Waals surface area contributed by atoms with E-state index in [9.17, 15) is 0 Å². The van der Waals surface area contributed by atoms with E-state index in [2.05, 4.69) is 41.4 Å². The quantitative estimate of drug-likeness (QED) is 0.780. The second-order valence-corrected chi connectivity index (χ2v) is 7.86. The highest BCUT2D eigenvalue weighted by Crippen LogP contribution is 2.43. The highest BCUT2D eigenvalue weighted by molar-refractivity contribution is 7.12. The van der Waals surface area contributed by atoms with E-state index in [1.54, 1.807) is 21.3 Å². The van der Waals surface area contributed by atoms with Gasteiger partial charge in [-0.1, -0.05) is 6.92 Å². The van der Waals surface area contributed by atoms with E-state index in [0.29, 0.717) is 17.2 Å². The molecule has 2 aromatic rings. The van der Waals surface area contributed by atoms with Crippen LogP contribution in [0.3, 0.4) is 0 Å². The van der Waals surface area contributed by atoms with Gasteiger partial charge >= 0.3 is 0 Å². The number of aryl methyl sites for hydroxylation is 1. The van der Waals surface area contributed by atoms with E-state index in [1.807, 2.05) is 11.3 Å². The number of thiophene rings is 1. The van der Waals surface area contributed by atoms with Crippen LogP contribution >= 0.6 is 11.3 Å². The SMILES string of the molecule is CCc1ccc(C(c2cc(OC)c(OC)c(OC)c2)N2CCCNCC2)s1. The normalized spacial score (nSPS) is 16.6. The zero-order valence-corrected chi connectivity index (χ0v) is 17.5. The molecule has 3 rings (SSSR count). The third kappa shape index (κ3) is 4.39. The predicted octanol–water partition coefficient (Wildman–Crippen LogP) is 3.72. The largest absolute Gasteiger partial charge is 0.493 e. The van der Waals surface area contributed by atoms with Gasteiger partial charge in [0.1, 0.15) is 0 Å². The van der Waals surface area contributed by atoms with Gasteiger partial charge in [0.05, 0.1) is 27.4 Å². The summed E-state index contributed by atoms with van der Waals surface area (Å²) in [5, 5.41) is 3.51. The maximum absolute atomic E-state index is 5.61. The van der Waals surface area contributed by atoms with Crippen molar-refractivity contribution in [2.45, 2.75) is 25.8 Å². The molecule has 1 N–H and O–H groups in total. The van der Waals surface area contributed by atoms with Gasteiger partial charge in [0.2, 0.25) is 5.75 Å². The van der Waals surface area contributed by atoms with Crippen molar-refractivity contribution in [1.29, 1.82) is 0 Å². The van der Waals surface area contributed by atoms with E-state index in [0.717, 1.165) is 39.0 Å². The molecule has 5 nitrogen and oxygen atoms in total. The minimum absolute atomic E-state index is 0.184. The summed E-state index contributed by atoms with van der Waals surface area (Å²) in [6.07, 6.45) is 2.21. The first kappa shape index (κ1) is 20.0. The fourth-order valence-corrected chi connectivity index (χ4v) is 4.79. The standard InChI is InChI=1S/C21H30N2O3S/c1-5-16-7-8-19(27-16)20(23-11-6-9-22-10-12-23)15-13-17(24-2)21(26-4)18(14-15)25-3/h7-8,13-14,20,22H,5-6,9-12H2,1-4H3. The summed E-state index contributed by atoms with van der Waals surface area (Å²) in [5.41, 5.74) is 1.18. The van der Waals surface area contributed by atoms with E-state index in [-0.39, 0.29) is 6.04 Å². The van der Waals surface area contributed by atoms with Gasteiger partial charge in [-0.2, -0.15) is 0 Å². The van der Waals surface area contributed by atoms with Crippen LogP contribution in [-0.4, -0.2) is 52.4 Å². The van der Waals surface area contributed by atoms with Crippen molar-refractivity contribution in [1.82, 2.24) is 10.2 Å². The molecule has 1 fully saturated rings. The lowest BCUT2D eigenvalue weighted by atomic mass is 10.0. The molecular weight excluding hydrogens is 360 g/mol. The van der Waals surface area contributed by atoms with E-state index < -0.39 is 0 Å². The molecular formula is C21H30N2O3S. The smallest absolute Gasteiger partial charge is 0.203 e. The molecule has 6 heteroatoms. The average molecular weight is 391 g/mol. The first-order valence-electron chi connectivity index (χ1n) is 9.55. The van der Waals surface area contributed by atoms with Gasteiger partial charge in [-0.15, -0.1) is 11.3 Å². The Morgan fingerprint density at radius 3 is 2.37 bits per heavy atom. The lowest BCUT2D eigenvalue weighted by Crippen LogP contribution is -2.32. The van der Waals surface area contributed by atoms with Gasteiger partial charge in [0.15, 0.2) is 11.5 Å². The monoisotopic (exact) mass is 390 g/mol. The molecule has 1 atom stereocenters. The van der Waals surface area contributed by atoms with Crippen LogP contribution in [-0.2, 0) is 6.42 Å². The van der Waals surface area contributed by atoms with Crippen molar-refractivity contribution >= 4 is 11.3 Å². The van der Waals surface area contributed by atoms with Crippen molar-refractivity contribution in [2.24, 2.45) is 0 Å². The predicted molar refractivity (Wildman–Crippen MR) is 111 cm³/mol. The van der Waals surface area contributed by atoms with Crippen LogP contribution in [0.1, 0.15) is 34.7 Å². The molecule has 0 aliphatic carbocycles. The molecule has 1 aromatic carbocycles. The number of hydrogen-bond donors (Lipinski definition) is 1. The van der Waals surface area contributed by atoms with Crippen molar-refractivity contribution in [3.05, 3.63) is 39.6 Å². The fourth-order valence-electron chi connectivity index (χ4n) is 3.67. The minimum atomic E-state index is 0.184. The number of nitrogens with zero attached hydrogens (tertiary/aromatic N) is 1. The molecule has 0 radical (unpaired) electrons. The van der Waals surface area contributed by atoms with Gasteiger partial charge in [-0.3, -0.25) is 4.90 Å². The van der Waals surface area contributed by atoms with E-state index in [1.165, 1.54) is 15.3 Å². The van der Waals surface area contributed by atoms with Gasteiger partial charge in [0, 0.05) is 29.4 Å². The summed E-state index contributed by atoms with van der Waals surface area (Å²) in [6.45, 7) is 6.37. The molecule has 1 unspecified atom stereocenters. The topological polar surface area (TPSA) is 43.0 Å². The van der Waals surface area contributed by atoms with Crippen LogP contribution in [0.25, 0.3) is 0 Å². The second-order valence-electron chi connectivity index (χ2n) is 6.66. The molecule has 2 heterocycles.